The van der Waals surface area contributed by atoms with E-state index in [1.165, 1.54) is 17.8 Å². The molecule has 1 heterocycles. The Kier molecular flexibility index (Phi) is 7.29. The Labute approximate surface area is 176 Å². The number of carbonyl (C=O) groups is 1. The molecule has 1 amide bonds. The van der Waals surface area contributed by atoms with Gasteiger partial charge in [0.15, 0.2) is 9.84 Å². The van der Waals surface area contributed by atoms with Crippen LogP contribution in [-0.2, 0) is 20.4 Å². The molecule has 2 atom stereocenters. The monoisotopic (exact) mass is 436 g/mol. The summed E-state index contributed by atoms with van der Waals surface area (Å²) in [6.45, 7) is 4.64. The van der Waals surface area contributed by atoms with Crippen LogP contribution in [0.5, 0.6) is 5.75 Å². The summed E-state index contributed by atoms with van der Waals surface area (Å²) in [7, 11) is -3.57. The highest BCUT2D eigenvalue weighted by Crippen LogP contribution is 2.27. The summed E-state index contributed by atoms with van der Waals surface area (Å²) in [5, 5.41) is 5.40. The maximum atomic E-state index is 12.5. The molecule has 1 aromatic heterocycles. The van der Waals surface area contributed by atoms with E-state index in [1.807, 2.05) is 31.2 Å². The van der Waals surface area contributed by atoms with Gasteiger partial charge in [-0.2, -0.15) is 0 Å². The number of rotatable bonds is 8. The summed E-state index contributed by atoms with van der Waals surface area (Å²) >= 11 is 1.39. The largest absolute Gasteiger partial charge is 0.494 e. The number of thiazole rings is 1. The van der Waals surface area contributed by atoms with E-state index in [0.29, 0.717) is 18.2 Å². The topological polar surface area (TPSA) is 85.4 Å². The number of nitrogens with one attached hydrogen (secondary N) is 1. The first-order valence-electron chi connectivity index (χ1n) is 10.0. The Morgan fingerprint density at radius 3 is 2.66 bits per heavy atom. The zero-order valence-electron chi connectivity index (χ0n) is 16.9. The molecule has 1 saturated carbocycles. The van der Waals surface area contributed by atoms with Gasteiger partial charge < -0.3 is 10.1 Å². The highest BCUT2D eigenvalue weighted by atomic mass is 32.2. The number of hydrogen-bond acceptors (Lipinski definition) is 6. The van der Waals surface area contributed by atoms with Crippen molar-refractivity contribution in [2.45, 2.75) is 51.3 Å². The fraction of sp³-hybridized carbons (Fsp3) is 0.524. The quantitative estimate of drug-likeness (QED) is 0.680. The lowest BCUT2D eigenvalue weighted by atomic mass is 9.86. The second-order valence-electron chi connectivity index (χ2n) is 7.57. The van der Waals surface area contributed by atoms with Crippen molar-refractivity contribution in [3.63, 3.8) is 0 Å². The van der Waals surface area contributed by atoms with Crippen LogP contribution in [0.3, 0.4) is 0 Å². The summed E-state index contributed by atoms with van der Waals surface area (Å²) in [5.74, 6) is 0.0468. The third kappa shape index (κ3) is 6.27. The lowest BCUT2D eigenvalue weighted by Gasteiger charge is -2.29. The highest BCUT2D eigenvalue weighted by Gasteiger charge is 2.25. The van der Waals surface area contributed by atoms with Gasteiger partial charge in [0.25, 0.3) is 0 Å². The van der Waals surface area contributed by atoms with Gasteiger partial charge in [-0.05, 0) is 49.9 Å². The molecule has 2 aromatic rings. The Morgan fingerprint density at radius 1 is 1.24 bits per heavy atom. The molecule has 1 fully saturated rings. The molecule has 0 radical (unpaired) electrons. The molecule has 1 N–H and O–H groups in total. The van der Waals surface area contributed by atoms with Gasteiger partial charge in [0.05, 0.1) is 18.1 Å². The van der Waals surface area contributed by atoms with Crippen molar-refractivity contribution in [1.82, 2.24) is 10.3 Å². The molecule has 0 saturated heterocycles. The average Bonchev–Trinajstić information content (AvgIpc) is 3.11. The van der Waals surface area contributed by atoms with E-state index < -0.39 is 21.5 Å². The lowest BCUT2D eigenvalue weighted by molar-refractivity contribution is -0.119. The number of hydrogen-bond donors (Lipinski definition) is 1. The minimum Gasteiger partial charge on any atom is -0.494 e. The van der Waals surface area contributed by atoms with Crippen LogP contribution in [0, 0.1) is 5.92 Å². The van der Waals surface area contributed by atoms with Crippen molar-refractivity contribution >= 4 is 27.1 Å². The van der Waals surface area contributed by atoms with Crippen LogP contribution in [-0.4, -0.2) is 37.7 Å². The van der Waals surface area contributed by atoms with Crippen LogP contribution in [0.1, 0.15) is 45.2 Å². The van der Waals surface area contributed by atoms with Gasteiger partial charge in [-0.3, -0.25) is 4.79 Å². The second kappa shape index (κ2) is 9.71. The number of benzene rings is 1. The molecule has 0 spiro atoms. The van der Waals surface area contributed by atoms with Gasteiger partial charge in [0.1, 0.15) is 16.5 Å². The smallest absolute Gasteiger partial charge is 0.235 e. The van der Waals surface area contributed by atoms with Crippen LogP contribution < -0.4 is 10.1 Å². The third-order valence-corrected chi connectivity index (χ3v) is 7.52. The van der Waals surface area contributed by atoms with E-state index in [0.717, 1.165) is 35.6 Å². The summed E-state index contributed by atoms with van der Waals surface area (Å²) < 4.78 is 30.4. The molecule has 158 valence electrons. The predicted octanol–water partition coefficient (Wildman–Crippen LogP) is 3.82. The Hall–Kier alpha value is -1.93. The number of nitrogens with zero attached hydrogens (tertiary/aromatic N) is 1. The maximum Gasteiger partial charge on any atom is 0.235 e. The van der Waals surface area contributed by atoms with Crippen LogP contribution in [0.15, 0.2) is 29.6 Å². The fourth-order valence-corrected chi connectivity index (χ4v) is 5.74. The molecule has 8 heteroatoms. The van der Waals surface area contributed by atoms with Crippen molar-refractivity contribution in [3.8, 4) is 16.3 Å². The van der Waals surface area contributed by atoms with E-state index in [2.05, 4.69) is 17.2 Å². The Morgan fingerprint density at radius 2 is 1.97 bits per heavy atom. The van der Waals surface area contributed by atoms with Crippen LogP contribution >= 0.6 is 11.3 Å². The minimum absolute atomic E-state index is 0.0805. The van der Waals surface area contributed by atoms with E-state index in [9.17, 15) is 13.2 Å². The predicted molar refractivity (Wildman–Crippen MR) is 116 cm³/mol. The fourth-order valence-electron chi connectivity index (χ4n) is 3.62. The molecule has 6 nitrogen and oxygen atoms in total. The van der Waals surface area contributed by atoms with Crippen LogP contribution in [0.4, 0.5) is 0 Å². The Bertz CT molecular complexity index is 922. The molecular weight excluding hydrogens is 408 g/mol. The van der Waals surface area contributed by atoms with E-state index in [1.54, 1.807) is 5.38 Å². The average molecular weight is 437 g/mol. The first kappa shape index (κ1) is 21.8. The van der Waals surface area contributed by atoms with Gasteiger partial charge in [-0.25, -0.2) is 13.4 Å². The number of aromatic nitrogens is 1. The SMILES string of the molecule is CCOc1ccc(-c2nc(CS(=O)(=O)CC(=O)NC3CCCCC3C)cs2)cc1. The number of sulfone groups is 1. The molecule has 2 unspecified atom stereocenters. The normalized spacial score (nSPS) is 19.7. The zero-order chi connectivity index (χ0) is 20.9. The molecule has 3 rings (SSSR count). The maximum absolute atomic E-state index is 12.5. The third-order valence-electron chi connectivity index (χ3n) is 5.14. The van der Waals surface area contributed by atoms with Crippen LogP contribution in [0.2, 0.25) is 0 Å². The summed E-state index contributed by atoms with van der Waals surface area (Å²) in [5.41, 5.74) is 1.38. The summed E-state index contributed by atoms with van der Waals surface area (Å²) in [6, 6.07) is 7.62. The molecule has 29 heavy (non-hydrogen) atoms. The van der Waals surface area contributed by atoms with Crippen molar-refractivity contribution < 1.29 is 17.9 Å². The van der Waals surface area contributed by atoms with E-state index in [-0.39, 0.29) is 11.8 Å². The second-order valence-corrected chi connectivity index (χ2v) is 10.5. The van der Waals surface area contributed by atoms with Gasteiger partial charge in [-0.1, -0.05) is 19.8 Å². The van der Waals surface area contributed by atoms with Gasteiger partial charge in [0, 0.05) is 17.0 Å². The van der Waals surface area contributed by atoms with Gasteiger partial charge in [-0.15, -0.1) is 11.3 Å². The summed E-state index contributed by atoms with van der Waals surface area (Å²) in [6.07, 6.45) is 4.25. The van der Waals surface area contributed by atoms with Gasteiger partial charge >= 0.3 is 0 Å². The number of carbonyl (C=O) groups excluding carboxylic acids is 1. The summed E-state index contributed by atoms with van der Waals surface area (Å²) in [4.78, 5) is 16.7. The highest BCUT2D eigenvalue weighted by molar-refractivity contribution is 7.91. The number of ether oxygens (including phenoxy) is 1. The minimum atomic E-state index is -3.57. The van der Waals surface area contributed by atoms with Crippen LogP contribution in [0.25, 0.3) is 10.6 Å². The molecular formula is C21H28N2O4S2. The molecule has 0 bridgehead atoms. The number of amides is 1. The van der Waals surface area contributed by atoms with E-state index >= 15 is 0 Å². The van der Waals surface area contributed by atoms with Crippen molar-refractivity contribution in [2.24, 2.45) is 5.92 Å². The first-order chi connectivity index (χ1) is 13.9. The van der Waals surface area contributed by atoms with E-state index in [4.69, 9.17) is 4.74 Å². The first-order valence-corrected chi connectivity index (χ1v) is 12.7. The molecule has 0 aliphatic heterocycles. The molecule has 1 aromatic carbocycles. The van der Waals surface area contributed by atoms with Crippen molar-refractivity contribution in [2.75, 3.05) is 12.4 Å². The standard InChI is InChI=1S/C21H28N2O4S2/c1-3-27-18-10-8-16(9-11-18)21-22-17(12-28-21)13-29(25,26)14-20(24)23-19-7-5-4-6-15(19)2/h8-12,15,19H,3-7,13-14H2,1-2H3,(H,23,24). The molecule has 1 aliphatic carbocycles. The van der Waals surface area contributed by atoms with Crippen molar-refractivity contribution in [1.29, 1.82) is 0 Å². The zero-order valence-corrected chi connectivity index (χ0v) is 18.5. The Balaban J connectivity index is 1.58. The lowest BCUT2D eigenvalue weighted by Crippen LogP contribution is -2.43. The molecule has 1 aliphatic rings. The van der Waals surface area contributed by atoms with Crippen molar-refractivity contribution in [3.05, 3.63) is 35.3 Å². The van der Waals surface area contributed by atoms with Gasteiger partial charge in [0.2, 0.25) is 5.91 Å².